The van der Waals surface area contributed by atoms with Crippen LogP contribution in [0.4, 0.5) is 5.69 Å². The minimum absolute atomic E-state index is 0. The molecule has 0 aromatic heterocycles. The monoisotopic (exact) mass is 390 g/mol. The molecule has 5 nitrogen and oxygen atoms in total. The van der Waals surface area contributed by atoms with Crippen LogP contribution in [0.1, 0.15) is 35.2 Å². The van der Waals surface area contributed by atoms with Crippen LogP contribution in [0.3, 0.4) is 0 Å². The summed E-state index contributed by atoms with van der Waals surface area (Å²) in [5.74, 6) is 0.650. The van der Waals surface area contributed by atoms with E-state index in [-0.39, 0.29) is 24.4 Å². The smallest absolute Gasteiger partial charge is 0.255 e. The fraction of sp³-hybridized carbons (Fsp3) is 0.381. The van der Waals surface area contributed by atoms with Crippen LogP contribution in [0, 0.1) is 0 Å². The summed E-state index contributed by atoms with van der Waals surface area (Å²) in [6, 6.07) is 14.9. The van der Waals surface area contributed by atoms with Gasteiger partial charge < -0.3 is 20.5 Å². The van der Waals surface area contributed by atoms with Crippen molar-refractivity contribution in [3.8, 4) is 5.75 Å². The summed E-state index contributed by atoms with van der Waals surface area (Å²) >= 11 is 0. The van der Waals surface area contributed by atoms with Crippen LogP contribution < -0.4 is 15.8 Å². The third kappa shape index (κ3) is 6.54. The summed E-state index contributed by atoms with van der Waals surface area (Å²) in [6.07, 6.45) is 4.39. The van der Waals surface area contributed by atoms with E-state index in [0.29, 0.717) is 18.7 Å². The number of halogens is 1. The molecule has 1 aliphatic rings. The maximum atomic E-state index is 12.3. The summed E-state index contributed by atoms with van der Waals surface area (Å²) in [5.41, 5.74) is 8.04. The van der Waals surface area contributed by atoms with Crippen LogP contribution in [0.25, 0.3) is 0 Å². The molecule has 1 fully saturated rings. The van der Waals surface area contributed by atoms with Gasteiger partial charge in [0.15, 0.2) is 0 Å². The summed E-state index contributed by atoms with van der Waals surface area (Å²) in [5, 5.41) is 2.90. The van der Waals surface area contributed by atoms with Crippen LogP contribution in [-0.2, 0) is 11.2 Å². The number of nitrogens with one attached hydrogen (secondary N) is 1. The van der Waals surface area contributed by atoms with E-state index >= 15 is 0 Å². The Balaban J connectivity index is 0.00000261. The Labute approximate surface area is 166 Å². The molecule has 1 unspecified atom stereocenters. The topological polar surface area (TPSA) is 73.6 Å². The molecule has 0 radical (unpaired) electrons. The van der Waals surface area contributed by atoms with E-state index in [1.165, 1.54) is 6.42 Å². The van der Waals surface area contributed by atoms with E-state index in [9.17, 15) is 4.79 Å². The van der Waals surface area contributed by atoms with Gasteiger partial charge in [0.05, 0.1) is 6.10 Å². The maximum Gasteiger partial charge on any atom is 0.255 e. The van der Waals surface area contributed by atoms with Crippen LogP contribution in [0.2, 0.25) is 0 Å². The lowest BCUT2D eigenvalue weighted by Gasteiger charge is -2.22. The molecule has 27 heavy (non-hydrogen) atoms. The number of carbonyl (C=O) groups excluding carboxylic acids is 1. The van der Waals surface area contributed by atoms with Crippen LogP contribution in [-0.4, -0.2) is 31.8 Å². The lowest BCUT2D eigenvalue weighted by Crippen LogP contribution is -2.25. The second-order valence-corrected chi connectivity index (χ2v) is 6.51. The minimum atomic E-state index is -0.131. The van der Waals surface area contributed by atoms with Gasteiger partial charge in [0, 0.05) is 17.9 Å². The van der Waals surface area contributed by atoms with Crippen molar-refractivity contribution < 1.29 is 14.3 Å². The zero-order valence-corrected chi connectivity index (χ0v) is 16.2. The predicted molar refractivity (Wildman–Crippen MR) is 110 cm³/mol. The number of benzene rings is 2. The fourth-order valence-electron chi connectivity index (χ4n) is 2.96. The molecule has 1 amide bonds. The summed E-state index contributed by atoms with van der Waals surface area (Å²) in [4.78, 5) is 12.3. The highest BCUT2D eigenvalue weighted by molar-refractivity contribution is 6.04. The molecule has 0 bridgehead atoms. The van der Waals surface area contributed by atoms with Crippen molar-refractivity contribution in [3.05, 3.63) is 59.7 Å². The Bertz CT molecular complexity index is 698. The van der Waals surface area contributed by atoms with Gasteiger partial charge in [-0.15, -0.1) is 12.4 Å². The van der Waals surface area contributed by atoms with E-state index in [4.69, 9.17) is 15.2 Å². The number of hydrogen-bond donors (Lipinski definition) is 2. The van der Waals surface area contributed by atoms with Crippen molar-refractivity contribution in [1.82, 2.24) is 0 Å². The van der Waals surface area contributed by atoms with Crippen molar-refractivity contribution >= 4 is 24.0 Å². The molecule has 1 heterocycles. The van der Waals surface area contributed by atoms with E-state index in [0.717, 1.165) is 42.9 Å². The molecular formula is C21H27ClN2O3. The Hall–Kier alpha value is -2.08. The van der Waals surface area contributed by atoms with Crippen molar-refractivity contribution in [2.75, 3.05) is 25.1 Å². The molecule has 0 spiro atoms. The quantitative estimate of drug-likeness (QED) is 0.753. The van der Waals surface area contributed by atoms with Crippen molar-refractivity contribution in [2.24, 2.45) is 5.73 Å². The van der Waals surface area contributed by atoms with E-state index in [1.807, 2.05) is 48.5 Å². The zero-order valence-electron chi connectivity index (χ0n) is 15.4. The molecule has 0 aliphatic carbocycles. The third-order valence-electron chi connectivity index (χ3n) is 4.47. The maximum absolute atomic E-state index is 12.3. The predicted octanol–water partition coefficient (Wildman–Crippen LogP) is 3.81. The second-order valence-electron chi connectivity index (χ2n) is 6.51. The first kappa shape index (κ1) is 21.2. The van der Waals surface area contributed by atoms with Gasteiger partial charge in [0.1, 0.15) is 12.4 Å². The molecule has 146 valence electrons. The summed E-state index contributed by atoms with van der Waals surface area (Å²) in [7, 11) is 0. The number of ether oxygens (including phenoxy) is 2. The zero-order chi connectivity index (χ0) is 18.2. The average molecular weight is 391 g/mol. The number of carbonyl (C=O) groups is 1. The van der Waals surface area contributed by atoms with E-state index in [1.54, 1.807) is 0 Å². The first-order valence-electron chi connectivity index (χ1n) is 9.19. The molecule has 3 N–H and O–H groups in total. The van der Waals surface area contributed by atoms with Gasteiger partial charge in [0.2, 0.25) is 0 Å². The number of amides is 1. The normalized spacial score (nSPS) is 16.3. The lowest BCUT2D eigenvalue weighted by atomic mass is 10.1. The molecule has 0 saturated carbocycles. The van der Waals surface area contributed by atoms with Gasteiger partial charge in [-0.25, -0.2) is 0 Å². The SMILES string of the molecule is Cl.NCCc1ccc(C(=O)Nc2ccc(OCC3CCCCO3)cc2)cc1. The van der Waals surface area contributed by atoms with Crippen molar-refractivity contribution in [3.63, 3.8) is 0 Å². The largest absolute Gasteiger partial charge is 0.491 e. The van der Waals surface area contributed by atoms with Crippen LogP contribution in [0.5, 0.6) is 5.75 Å². The molecule has 1 saturated heterocycles. The highest BCUT2D eigenvalue weighted by atomic mass is 35.5. The molecular weight excluding hydrogens is 364 g/mol. The average Bonchev–Trinajstić information content (AvgIpc) is 2.69. The lowest BCUT2D eigenvalue weighted by molar-refractivity contribution is -0.0110. The summed E-state index contributed by atoms with van der Waals surface area (Å²) in [6.45, 7) is 2.00. The Kier molecular flexibility index (Phi) is 8.58. The number of rotatable bonds is 7. The van der Waals surface area contributed by atoms with Gasteiger partial charge in [-0.2, -0.15) is 0 Å². The summed E-state index contributed by atoms with van der Waals surface area (Å²) < 4.78 is 11.4. The molecule has 1 atom stereocenters. The highest BCUT2D eigenvalue weighted by Gasteiger charge is 2.14. The van der Waals surface area contributed by atoms with Gasteiger partial charge in [0.25, 0.3) is 5.91 Å². The highest BCUT2D eigenvalue weighted by Crippen LogP contribution is 2.19. The first-order chi connectivity index (χ1) is 12.7. The van der Waals surface area contributed by atoms with E-state index < -0.39 is 0 Å². The van der Waals surface area contributed by atoms with Crippen LogP contribution >= 0.6 is 12.4 Å². The second kappa shape index (κ2) is 10.9. The van der Waals surface area contributed by atoms with Gasteiger partial charge in [-0.1, -0.05) is 12.1 Å². The van der Waals surface area contributed by atoms with E-state index in [2.05, 4.69) is 5.32 Å². The van der Waals surface area contributed by atoms with Crippen molar-refractivity contribution in [2.45, 2.75) is 31.8 Å². The number of hydrogen-bond acceptors (Lipinski definition) is 4. The fourth-order valence-corrected chi connectivity index (χ4v) is 2.96. The Morgan fingerprint density at radius 3 is 2.48 bits per heavy atom. The minimum Gasteiger partial charge on any atom is -0.491 e. The molecule has 2 aromatic carbocycles. The first-order valence-corrected chi connectivity index (χ1v) is 9.19. The third-order valence-corrected chi connectivity index (χ3v) is 4.47. The standard InChI is InChI=1S/C21H26N2O3.ClH/c22-13-12-16-4-6-17(7-5-16)21(24)23-18-8-10-19(11-9-18)26-15-20-3-1-2-14-25-20;/h4-11,20H,1-3,12-15,22H2,(H,23,24);1H. The van der Waals surface area contributed by atoms with Crippen molar-refractivity contribution in [1.29, 1.82) is 0 Å². The Morgan fingerprint density at radius 1 is 1.11 bits per heavy atom. The molecule has 6 heteroatoms. The number of anilines is 1. The van der Waals surface area contributed by atoms with Gasteiger partial charge >= 0.3 is 0 Å². The van der Waals surface area contributed by atoms with Gasteiger partial charge in [-0.05, 0) is 74.2 Å². The van der Waals surface area contributed by atoms with Crippen LogP contribution in [0.15, 0.2) is 48.5 Å². The Morgan fingerprint density at radius 2 is 1.85 bits per heavy atom. The molecule has 2 aromatic rings. The van der Waals surface area contributed by atoms with Gasteiger partial charge in [-0.3, -0.25) is 4.79 Å². The number of nitrogens with two attached hydrogens (primary N) is 1. The molecule has 1 aliphatic heterocycles. The molecule has 3 rings (SSSR count).